The minimum atomic E-state index is -0.534. The zero-order chi connectivity index (χ0) is 12.4. The van der Waals surface area contributed by atoms with E-state index in [1.165, 1.54) is 6.07 Å². The lowest BCUT2D eigenvalue weighted by Gasteiger charge is -2.06. The molecule has 0 fully saturated rings. The summed E-state index contributed by atoms with van der Waals surface area (Å²) >= 11 is 3.21. The summed E-state index contributed by atoms with van der Waals surface area (Å²) in [6.07, 6.45) is 0. The maximum Gasteiger partial charge on any atom is 0.142 e. The fourth-order valence-electron chi connectivity index (χ4n) is 1.58. The number of halogens is 2. The maximum absolute atomic E-state index is 13.6. The summed E-state index contributed by atoms with van der Waals surface area (Å²) in [5.74, 6) is -0.534. The largest absolute Gasteiger partial charge is 0.399 e. The van der Waals surface area contributed by atoms with Crippen LogP contribution >= 0.6 is 15.9 Å². The lowest BCUT2D eigenvalue weighted by Crippen LogP contribution is -1.91. The van der Waals surface area contributed by atoms with Crippen LogP contribution in [0.5, 0.6) is 0 Å². The van der Waals surface area contributed by atoms with Crippen molar-refractivity contribution in [3.63, 3.8) is 0 Å². The second-order valence-corrected chi connectivity index (χ2v) is 4.46. The summed E-state index contributed by atoms with van der Waals surface area (Å²) in [6.45, 7) is 0. The summed E-state index contributed by atoms with van der Waals surface area (Å²) < 4.78 is 14.2. The summed E-state index contributed by atoms with van der Waals surface area (Å²) in [4.78, 5) is 0. The number of nitrogens with two attached hydrogens (primary N) is 1. The van der Waals surface area contributed by atoms with Gasteiger partial charge in [-0.05, 0) is 29.8 Å². The monoisotopic (exact) mass is 290 g/mol. The molecule has 84 valence electrons. The van der Waals surface area contributed by atoms with Crippen molar-refractivity contribution in [3.05, 3.63) is 52.3 Å². The molecule has 0 aliphatic heterocycles. The first kappa shape index (κ1) is 11.6. The molecule has 0 spiro atoms. The highest BCUT2D eigenvalue weighted by atomic mass is 79.9. The van der Waals surface area contributed by atoms with Crippen LogP contribution in [-0.4, -0.2) is 0 Å². The Morgan fingerprint density at radius 2 is 1.82 bits per heavy atom. The molecule has 0 saturated heterocycles. The van der Waals surface area contributed by atoms with Gasteiger partial charge in [-0.1, -0.05) is 28.1 Å². The first-order valence-electron chi connectivity index (χ1n) is 4.87. The van der Waals surface area contributed by atoms with Crippen LogP contribution in [0.25, 0.3) is 11.1 Å². The van der Waals surface area contributed by atoms with Crippen LogP contribution in [0.15, 0.2) is 40.9 Å². The van der Waals surface area contributed by atoms with Gasteiger partial charge in [-0.15, -0.1) is 0 Å². The molecule has 17 heavy (non-hydrogen) atoms. The summed E-state index contributed by atoms with van der Waals surface area (Å²) in [7, 11) is 0. The van der Waals surface area contributed by atoms with E-state index in [1.807, 2.05) is 6.07 Å². The molecular weight excluding hydrogens is 283 g/mol. The van der Waals surface area contributed by atoms with Gasteiger partial charge in [0.15, 0.2) is 0 Å². The van der Waals surface area contributed by atoms with Crippen molar-refractivity contribution in [3.8, 4) is 17.2 Å². The maximum atomic E-state index is 13.6. The normalized spacial score (nSPS) is 9.94. The van der Waals surface area contributed by atoms with Crippen LogP contribution < -0.4 is 5.73 Å². The van der Waals surface area contributed by atoms with Gasteiger partial charge < -0.3 is 5.73 Å². The van der Waals surface area contributed by atoms with E-state index in [0.717, 1.165) is 5.56 Å². The third-order valence-electron chi connectivity index (χ3n) is 2.39. The zero-order valence-electron chi connectivity index (χ0n) is 8.74. The van der Waals surface area contributed by atoms with Gasteiger partial charge in [0, 0.05) is 15.7 Å². The van der Waals surface area contributed by atoms with E-state index < -0.39 is 5.82 Å². The van der Waals surface area contributed by atoms with Gasteiger partial charge in [0.1, 0.15) is 11.9 Å². The molecule has 0 unspecified atom stereocenters. The van der Waals surface area contributed by atoms with Crippen molar-refractivity contribution in [2.45, 2.75) is 0 Å². The van der Waals surface area contributed by atoms with E-state index in [4.69, 9.17) is 11.0 Å². The van der Waals surface area contributed by atoms with Crippen LogP contribution in [0.4, 0.5) is 10.1 Å². The molecule has 0 heterocycles. The van der Waals surface area contributed by atoms with Gasteiger partial charge >= 0.3 is 0 Å². The minimum Gasteiger partial charge on any atom is -0.399 e. The van der Waals surface area contributed by atoms with Crippen LogP contribution in [0.2, 0.25) is 0 Å². The van der Waals surface area contributed by atoms with E-state index >= 15 is 0 Å². The second-order valence-electron chi connectivity index (χ2n) is 3.54. The Balaban J connectivity index is 2.66. The van der Waals surface area contributed by atoms with Gasteiger partial charge in [-0.3, -0.25) is 0 Å². The molecule has 0 aliphatic carbocycles. The Hall–Kier alpha value is -1.86. The van der Waals surface area contributed by atoms with Crippen molar-refractivity contribution < 1.29 is 4.39 Å². The van der Waals surface area contributed by atoms with Crippen LogP contribution in [0, 0.1) is 17.1 Å². The summed E-state index contributed by atoms with van der Waals surface area (Å²) in [5, 5.41) is 8.98. The van der Waals surface area contributed by atoms with E-state index in [0.29, 0.717) is 15.7 Å². The highest BCUT2D eigenvalue weighted by Crippen LogP contribution is 2.29. The number of benzene rings is 2. The molecule has 0 aliphatic rings. The lowest BCUT2D eigenvalue weighted by atomic mass is 10.00. The SMILES string of the molecule is N#Cc1c(F)cc(Br)cc1-c1ccc(N)cc1. The van der Waals surface area contributed by atoms with Crippen molar-refractivity contribution in [1.29, 1.82) is 5.26 Å². The van der Waals surface area contributed by atoms with Crippen molar-refractivity contribution in [2.75, 3.05) is 5.73 Å². The van der Waals surface area contributed by atoms with Crippen LogP contribution in [-0.2, 0) is 0 Å². The second kappa shape index (κ2) is 4.56. The van der Waals surface area contributed by atoms with Crippen LogP contribution in [0.1, 0.15) is 5.56 Å². The number of hydrogen-bond donors (Lipinski definition) is 1. The Bertz CT molecular complexity index is 600. The average molecular weight is 291 g/mol. The molecular formula is C13H8BrFN2. The molecule has 0 atom stereocenters. The summed E-state index contributed by atoms with van der Waals surface area (Å²) in [5.41, 5.74) is 7.57. The number of nitriles is 1. The molecule has 0 radical (unpaired) electrons. The minimum absolute atomic E-state index is 0.0398. The fourth-order valence-corrected chi connectivity index (χ4v) is 2.01. The molecule has 0 amide bonds. The van der Waals surface area contributed by atoms with Gasteiger partial charge in [-0.25, -0.2) is 4.39 Å². The molecule has 2 aromatic carbocycles. The number of nitrogen functional groups attached to an aromatic ring is 1. The molecule has 0 bridgehead atoms. The third-order valence-corrected chi connectivity index (χ3v) is 2.85. The van der Waals surface area contributed by atoms with Crippen molar-refractivity contribution in [2.24, 2.45) is 0 Å². The topological polar surface area (TPSA) is 49.8 Å². The van der Waals surface area contributed by atoms with Crippen molar-refractivity contribution >= 4 is 21.6 Å². The van der Waals surface area contributed by atoms with E-state index in [-0.39, 0.29) is 5.56 Å². The highest BCUT2D eigenvalue weighted by Gasteiger charge is 2.11. The number of hydrogen-bond acceptors (Lipinski definition) is 2. The first-order chi connectivity index (χ1) is 8.11. The van der Waals surface area contributed by atoms with Crippen LogP contribution in [0.3, 0.4) is 0 Å². The predicted molar refractivity (Wildman–Crippen MR) is 68.7 cm³/mol. The molecule has 2 nitrogen and oxygen atoms in total. The third kappa shape index (κ3) is 2.29. The lowest BCUT2D eigenvalue weighted by molar-refractivity contribution is 0.623. The molecule has 4 heteroatoms. The van der Waals surface area contributed by atoms with E-state index in [9.17, 15) is 4.39 Å². The molecule has 0 saturated carbocycles. The van der Waals surface area contributed by atoms with Gasteiger partial charge in [0.2, 0.25) is 0 Å². The molecule has 2 N–H and O–H groups in total. The Labute approximate surface area is 107 Å². The Morgan fingerprint density at radius 1 is 1.18 bits per heavy atom. The zero-order valence-corrected chi connectivity index (χ0v) is 10.3. The van der Waals surface area contributed by atoms with Gasteiger partial charge in [-0.2, -0.15) is 5.26 Å². The van der Waals surface area contributed by atoms with Gasteiger partial charge in [0.05, 0.1) is 5.56 Å². The Kier molecular flexibility index (Phi) is 3.12. The molecule has 0 aromatic heterocycles. The Morgan fingerprint density at radius 3 is 2.41 bits per heavy atom. The first-order valence-corrected chi connectivity index (χ1v) is 5.66. The molecule has 2 aromatic rings. The smallest absolute Gasteiger partial charge is 0.142 e. The number of rotatable bonds is 1. The quantitative estimate of drug-likeness (QED) is 0.814. The van der Waals surface area contributed by atoms with E-state index in [2.05, 4.69) is 15.9 Å². The van der Waals surface area contributed by atoms with Gasteiger partial charge in [0.25, 0.3) is 0 Å². The fraction of sp³-hybridized carbons (Fsp3) is 0. The standard InChI is InChI=1S/C13H8BrFN2/c14-9-5-11(12(7-16)13(15)6-9)8-1-3-10(17)4-2-8/h1-6H,17H2. The highest BCUT2D eigenvalue weighted by molar-refractivity contribution is 9.10. The van der Waals surface area contributed by atoms with E-state index in [1.54, 1.807) is 30.3 Å². The van der Waals surface area contributed by atoms with Crippen molar-refractivity contribution in [1.82, 2.24) is 0 Å². The average Bonchev–Trinajstić information content (AvgIpc) is 2.29. The predicted octanol–water partition coefficient (Wildman–Crippen LogP) is 3.71. The number of nitrogens with zero attached hydrogens (tertiary/aromatic N) is 1. The number of anilines is 1. The summed E-state index contributed by atoms with van der Waals surface area (Å²) in [6, 6.07) is 11.8. The molecule has 2 rings (SSSR count).